The second-order valence-corrected chi connectivity index (χ2v) is 7.77. The van der Waals surface area contributed by atoms with Crippen LogP contribution in [0.5, 0.6) is 0 Å². The zero-order chi connectivity index (χ0) is 17.5. The summed E-state index contributed by atoms with van der Waals surface area (Å²) in [4.78, 5) is 12.7. The smallest absolute Gasteiger partial charge is 0.291 e. The van der Waals surface area contributed by atoms with Crippen LogP contribution < -0.4 is 5.32 Å². The van der Waals surface area contributed by atoms with Crippen LogP contribution in [0.4, 0.5) is 5.69 Å². The molecule has 6 heteroatoms. The molecule has 0 fully saturated rings. The van der Waals surface area contributed by atoms with Crippen molar-refractivity contribution in [2.75, 3.05) is 11.6 Å². The van der Waals surface area contributed by atoms with E-state index in [0.29, 0.717) is 11.3 Å². The highest BCUT2D eigenvalue weighted by atomic mass is 32.2. The van der Waals surface area contributed by atoms with Crippen molar-refractivity contribution >= 4 is 32.4 Å². The summed E-state index contributed by atoms with van der Waals surface area (Å²) in [5, 5.41) is 3.62. The standard InChI is InChI=1S/C18H17NO4S/c1-11-8-9-13(24(3,21)22)10-15(11)19-18(20)17-12(2)14-6-4-5-7-16(14)23-17/h4-10H,1-3H3,(H,19,20). The Bertz CT molecular complexity index is 1050. The first-order valence-corrected chi connectivity index (χ1v) is 9.26. The van der Waals surface area contributed by atoms with Gasteiger partial charge in [0, 0.05) is 22.9 Å². The van der Waals surface area contributed by atoms with Crippen molar-refractivity contribution in [3.63, 3.8) is 0 Å². The number of hydrogen-bond donors (Lipinski definition) is 1. The number of furan rings is 1. The summed E-state index contributed by atoms with van der Waals surface area (Å²) < 4.78 is 29.0. The molecular formula is C18H17NO4S. The van der Waals surface area contributed by atoms with Gasteiger partial charge in [0.1, 0.15) is 5.58 Å². The Morgan fingerprint density at radius 1 is 1.08 bits per heavy atom. The van der Waals surface area contributed by atoms with Crippen molar-refractivity contribution in [3.8, 4) is 0 Å². The minimum absolute atomic E-state index is 0.157. The molecule has 1 heterocycles. The molecule has 1 amide bonds. The maximum Gasteiger partial charge on any atom is 0.291 e. The van der Waals surface area contributed by atoms with Gasteiger partial charge in [-0.05, 0) is 37.6 Å². The Hall–Kier alpha value is -2.60. The van der Waals surface area contributed by atoms with Gasteiger partial charge in [0.05, 0.1) is 4.90 Å². The number of sulfone groups is 1. The zero-order valence-electron chi connectivity index (χ0n) is 13.6. The third kappa shape index (κ3) is 2.92. The van der Waals surface area contributed by atoms with Gasteiger partial charge in [-0.1, -0.05) is 24.3 Å². The number of carbonyl (C=O) groups excluding carboxylic acids is 1. The van der Waals surface area contributed by atoms with E-state index < -0.39 is 15.7 Å². The number of fused-ring (bicyclic) bond motifs is 1. The number of benzene rings is 2. The molecule has 0 spiro atoms. The number of aryl methyl sites for hydroxylation is 2. The minimum atomic E-state index is -3.35. The Morgan fingerprint density at radius 3 is 2.46 bits per heavy atom. The minimum Gasteiger partial charge on any atom is -0.451 e. The zero-order valence-corrected chi connectivity index (χ0v) is 14.4. The summed E-state index contributed by atoms with van der Waals surface area (Å²) in [6.07, 6.45) is 1.13. The molecule has 0 unspecified atom stereocenters. The van der Waals surface area contributed by atoms with Crippen LogP contribution in [0.1, 0.15) is 21.7 Å². The maximum absolute atomic E-state index is 12.6. The topological polar surface area (TPSA) is 76.4 Å². The Labute approximate surface area is 140 Å². The van der Waals surface area contributed by atoms with Gasteiger partial charge < -0.3 is 9.73 Å². The average molecular weight is 343 g/mol. The lowest BCUT2D eigenvalue weighted by Gasteiger charge is -2.09. The molecule has 0 aliphatic rings. The Balaban J connectivity index is 1.99. The van der Waals surface area contributed by atoms with E-state index in [1.54, 1.807) is 19.1 Å². The first kappa shape index (κ1) is 16.3. The summed E-state index contributed by atoms with van der Waals surface area (Å²) in [6, 6.07) is 12.1. The van der Waals surface area contributed by atoms with Crippen molar-refractivity contribution in [3.05, 3.63) is 59.4 Å². The molecule has 0 atom stereocenters. The van der Waals surface area contributed by atoms with Gasteiger partial charge in [-0.25, -0.2) is 8.42 Å². The summed E-state index contributed by atoms with van der Waals surface area (Å²) in [6.45, 7) is 3.62. The third-order valence-corrected chi connectivity index (χ3v) is 5.05. The van der Waals surface area contributed by atoms with Crippen molar-refractivity contribution in [1.29, 1.82) is 0 Å². The maximum atomic E-state index is 12.6. The van der Waals surface area contributed by atoms with Crippen LogP contribution in [0.25, 0.3) is 11.0 Å². The molecule has 0 aliphatic heterocycles. The van der Waals surface area contributed by atoms with E-state index in [2.05, 4.69) is 5.32 Å². The van der Waals surface area contributed by atoms with Crippen LogP contribution in [0.3, 0.4) is 0 Å². The van der Waals surface area contributed by atoms with E-state index in [4.69, 9.17) is 4.42 Å². The molecule has 0 radical (unpaired) electrons. The van der Waals surface area contributed by atoms with Gasteiger partial charge in [-0.2, -0.15) is 0 Å². The summed E-state index contributed by atoms with van der Waals surface area (Å²) in [5.74, 6) is -0.183. The molecule has 0 saturated carbocycles. The van der Waals surface area contributed by atoms with E-state index in [1.807, 2.05) is 25.1 Å². The quantitative estimate of drug-likeness (QED) is 0.786. The molecule has 124 valence electrons. The molecule has 5 nitrogen and oxygen atoms in total. The fourth-order valence-electron chi connectivity index (χ4n) is 2.54. The summed E-state index contributed by atoms with van der Waals surface area (Å²) in [5.41, 5.74) is 2.61. The van der Waals surface area contributed by atoms with Crippen molar-refractivity contribution in [2.45, 2.75) is 18.7 Å². The lowest BCUT2D eigenvalue weighted by molar-refractivity contribution is 0.0997. The Kier molecular flexibility index (Phi) is 3.93. The fourth-order valence-corrected chi connectivity index (χ4v) is 3.18. The number of para-hydroxylation sites is 1. The largest absolute Gasteiger partial charge is 0.451 e. The predicted molar refractivity (Wildman–Crippen MR) is 93.2 cm³/mol. The molecule has 3 aromatic rings. The van der Waals surface area contributed by atoms with E-state index in [-0.39, 0.29) is 10.7 Å². The van der Waals surface area contributed by atoms with E-state index in [1.165, 1.54) is 12.1 Å². The first-order valence-electron chi connectivity index (χ1n) is 7.37. The van der Waals surface area contributed by atoms with E-state index in [9.17, 15) is 13.2 Å². The number of rotatable bonds is 3. The van der Waals surface area contributed by atoms with Gasteiger partial charge >= 0.3 is 0 Å². The fraction of sp³-hybridized carbons (Fsp3) is 0.167. The van der Waals surface area contributed by atoms with Crippen molar-refractivity contribution in [2.24, 2.45) is 0 Å². The molecule has 1 N–H and O–H groups in total. The monoisotopic (exact) mass is 343 g/mol. The lowest BCUT2D eigenvalue weighted by Crippen LogP contribution is -2.13. The molecule has 3 rings (SSSR count). The molecule has 2 aromatic carbocycles. The SMILES string of the molecule is Cc1ccc(S(C)(=O)=O)cc1NC(=O)c1oc2ccccc2c1C. The number of amides is 1. The second kappa shape index (κ2) is 5.79. The van der Waals surface area contributed by atoms with E-state index >= 15 is 0 Å². The predicted octanol–water partition coefficient (Wildman–Crippen LogP) is 3.71. The number of hydrogen-bond acceptors (Lipinski definition) is 4. The molecule has 0 bridgehead atoms. The molecule has 24 heavy (non-hydrogen) atoms. The third-order valence-electron chi connectivity index (χ3n) is 3.94. The Morgan fingerprint density at radius 2 is 1.79 bits per heavy atom. The lowest BCUT2D eigenvalue weighted by atomic mass is 10.1. The molecule has 1 aromatic heterocycles. The highest BCUT2D eigenvalue weighted by Crippen LogP contribution is 2.27. The van der Waals surface area contributed by atoms with Crippen LogP contribution >= 0.6 is 0 Å². The summed E-state index contributed by atoms with van der Waals surface area (Å²) in [7, 11) is -3.35. The highest BCUT2D eigenvalue weighted by molar-refractivity contribution is 7.90. The first-order chi connectivity index (χ1) is 11.3. The van der Waals surface area contributed by atoms with Crippen LogP contribution in [-0.4, -0.2) is 20.6 Å². The summed E-state index contributed by atoms with van der Waals surface area (Å²) >= 11 is 0. The molecule has 0 aliphatic carbocycles. The van der Waals surface area contributed by atoms with Crippen LogP contribution in [0, 0.1) is 13.8 Å². The molecule has 0 saturated heterocycles. The highest BCUT2D eigenvalue weighted by Gasteiger charge is 2.19. The van der Waals surface area contributed by atoms with Crippen molar-refractivity contribution in [1.82, 2.24) is 0 Å². The van der Waals surface area contributed by atoms with Crippen molar-refractivity contribution < 1.29 is 17.6 Å². The van der Waals surface area contributed by atoms with Gasteiger partial charge in [0.2, 0.25) is 0 Å². The van der Waals surface area contributed by atoms with Crippen LogP contribution in [0.2, 0.25) is 0 Å². The van der Waals surface area contributed by atoms with Gasteiger partial charge in [0.25, 0.3) is 5.91 Å². The number of anilines is 1. The van der Waals surface area contributed by atoms with Gasteiger partial charge in [-0.15, -0.1) is 0 Å². The average Bonchev–Trinajstić information content (AvgIpc) is 2.86. The number of carbonyl (C=O) groups is 1. The van der Waals surface area contributed by atoms with Gasteiger partial charge in [0.15, 0.2) is 15.6 Å². The normalized spacial score (nSPS) is 11.6. The van der Waals surface area contributed by atoms with Crippen LogP contribution in [-0.2, 0) is 9.84 Å². The second-order valence-electron chi connectivity index (χ2n) is 5.76. The van der Waals surface area contributed by atoms with E-state index in [0.717, 1.165) is 22.8 Å². The van der Waals surface area contributed by atoms with Crippen LogP contribution in [0.15, 0.2) is 51.8 Å². The molecular weight excluding hydrogens is 326 g/mol. The van der Waals surface area contributed by atoms with Gasteiger partial charge in [-0.3, -0.25) is 4.79 Å². The number of nitrogens with one attached hydrogen (secondary N) is 1.